The van der Waals surface area contributed by atoms with Crippen molar-refractivity contribution < 1.29 is 32.3 Å². The van der Waals surface area contributed by atoms with Gasteiger partial charge in [-0.15, -0.1) is 13.2 Å². The van der Waals surface area contributed by atoms with Crippen LogP contribution in [0, 0.1) is 0 Å². The van der Waals surface area contributed by atoms with Gasteiger partial charge < -0.3 is 20.3 Å². The molecule has 1 unspecified atom stereocenters. The Labute approximate surface area is 202 Å². The Morgan fingerprint density at radius 3 is 2.14 bits per heavy atom. The molecule has 0 saturated heterocycles. The van der Waals surface area contributed by atoms with Gasteiger partial charge in [0.2, 0.25) is 17.7 Å². The molecule has 3 amide bonds. The van der Waals surface area contributed by atoms with Gasteiger partial charge in [-0.1, -0.05) is 25.1 Å². The standard InChI is InChI=1S/C24H29F3N4O4/c1-5-17-8-6-7-9-20(17)29-22(33)15-31(4)23(34)16(2)30(3)14-21(32)28-18-10-12-19(13-11-18)35-24(25,26)27/h6-13,16H,5,14-15H2,1-4H3,(H,28,32)(H,29,33). The molecule has 2 aromatic rings. The number of alkyl halides is 3. The molecule has 0 spiro atoms. The molecule has 1 atom stereocenters. The molecule has 0 radical (unpaired) electrons. The fourth-order valence-corrected chi connectivity index (χ4v) is 3.24. The summed E-state index contributed by atoms with van der Waals surface area (Å²) >= 11 is 0. The van der Waals surface area contributed by atoms with Gasteiger partial charge in [0.25, 0.3) is 0 Å². The minimum absolute atomic E-state index is 0.155. The number of carbonyl (C=O) groups is 3. The largest absolute Gasteiger partial charge is 0.573 e. The molecule has 0 heterocycles. The Hall–Kier alpha value is -3.60. The number of ether oxygens (including phenoxy) is 1. The molecule has 2 rings (SSSR count). The number of benzene rings is 2. The number of amides is 3. The van der Waals surface area contributed by atoms with E-state index in [0.29, 0.717) is 5.69 Å². The predicted molar refractivity (Wildman–Crippen MR) is 126 cm³/mol. The third kappa shape index (κ3) is 8.93. The minimum atomic E-state index is -4.80. The summed E-state index contributed by atoms with van der Waals surface area (Å²) in [5.41, 5.74) is 1.95. The molecule has 0 bridgehead atoms. The smallest absolute Gasteiger partial charge is 0.406 e. The zero-order chi connectivity index (χ0) is 26.2. The first kappa shape index (κ1) is 27.6. The summed E-state index contributed by atoms with van der Waals surface area (Å²) < 4.78 is 40.5. The van der Waals surface area contributed by atoms with Gasteiger partial charge in [0.1, 0.15) is 5.75 Å². The van der Waals surface area contributed by atoms with Crippen molar-refractivity contribution >= 4 is 29.1 Å². The number of hydrogen-bond donors (Lipinski definition) is 2. The van der Waals surface area contributed by atoms with E-state index in [9.17, 15) is 27.6 Å². The SMILES string of the molecule is CCc1ccccc1NC(=O)CN(C)C(=O)C(C)N(C)CC(=O)Nc1ccc(OC(F)(F)F)cc1. The van der Waals surface area contributed by atoms with Gasteiger partial charge in [-0.25, -0.2) is 0 Å². The molecule has 0 aliphatic rings. The van der Waals surface area contributed by atoms with Crippen molar-refractivity contribution in [1.29, 1.82) is 0 Å². The van der Waals surface area contributed by atoms with Crippen LogP contribution in [-0.4, -0.2) is 67.1 Å². The zero-order valence-electron chi connectivity index (χ0n) is 20.0. The fourth-order valence-electron chi connectivity index (χ4n) is 3.24. The first-order chi connectivity index (χ1) is 16.4. The monoisotopic (exact) mass is 494 g/mol. The number of nitrogens with zero attached hydrogens (tertiary/aromatic N) is 2. The number of aryl methyl sites for hydroxylation is 1. The summed E-state index contributed by atoms with van der Waals surface area (Å²) in [6.45, 7) is 3.27. The highest BCUT2D eigenvalue weighted by Crippen LogP contribution is 2.24. The summed E-state index contributed by atoms with van der Waals surface area (Å²) in [6.07, 6.45) is -4.05. The van der Waals surface area contributed by atoms with E-state index in [2.05, 4.69) is 15.4 Å². The Kier molecular flexibility index (Phi) is 9.64. The lowest BCUT2D eigenvalue weighted by Crippen LogP contribution is -2.48. The summed E-state index contributed by atoms with van der Waals surface area (Å²) in [5, 5.41) is 5.36. The van der Waals surface area contributed by atoms with E-state index >= 15 is 0 Å². The van der Waals surface area contributed by atoms with Crippen molar-refractivity contribution in [3.05, 3.63) is 54.1 Å². The fraction of sp³-hybridized carbons (Fsp3) is 0.375. The lowest BCUT2D eigenvalue weighted by Gasteiger charge is -2.27. The van der Waals surface area contributed by atoms with E-state index in [4.69, 9.17) is 0 Å². The van der Waals surface area contributed by atoms with Crippen LogP contribution >= 0.6 is 0 Å². The summed E-state index contributed by atoms with van der Waals surface area (Å²) in [5.74, 6) is -1.56. The normalized spacial score (nSPS) is 12.1. The number of anilines is 2. The van der Waals surface area contributed by atoms with Crippen molar-refractivity contribution in [2.45, 2.75) is 32.7 Å². The number of nitrogens with one attached hydrogen (secondary N) is 2. The molecule has 8 nitrogen and oxygen atoms in total. The quantitative estimate of drug-likeness (QED) is 0.528. The number of para-hydroxylation sites is 1. The highest BCUT2D eigenvalue weighted by atomic mass is 19.4. The lowest BCUT2D eigenvalue weighted by atomic mass is 10.1. The topological polar surface area (TPSA) is 91.0 Å². The Morgan fingerprint density at radius 2 is 1.54 bits per heavy atom. The highest BCUT2D eigenvalue weighted by molar-refractivity contribution is 5.96. The number of rotatable bonds is 10. The van der Waals surface area contributed by atoms with Gasteiger partial charge in [0, 0.05) is 18.4 Å². The third-order valence-electron chi connectivity index (χ3n) is 5.21. The van der Waals surface area contributed by atoms with E-state index in [1.807, 2.05) is 25.1 Å². The molecule has 190 valence electrons. The molecule has 2 N–H and O–H groups in total. The van der Waals surface area contributed by atoms with Crippen LogP contribution in [0.4, 0.5) is 24.5 Å². The van der Waals surface area contributed by atoms with Gasteiger partial charge in [-0.2, -0.15) is 0 Å². The number of halogens is 3. The summed E-state index contributed by atoms with van der Waals surface area (Å²) in [6, 6.07) is 11.4. The van der Waals surface area contributed by atoms with Gasteiger partial charge in [0.05, 0.1) is 19.1 Å². The van der Waals surface area contributed by atoms with Crippen LogP contribution in [0.15, 0.2) is 48.5 Å². The van der Waals surface area contributed by atoms with Gasteiger partial charge >= 0.3 is 6.36 Å². The zero-order valence-corrected chi connectivity index (χ0v) is 20.0. The molecule has 0 aliphatic heterocycles. The first-order valence-corrected chi connectivity index (χ1v) is 10.9. The Bertz CT molecular complexity index is 1030. The molecule has 35 heavy (non-hydrogen) atoms. The second-order valence-electron chi connectivity index (χ2n) is 7.96. The Morgan fingerprint density at radius 1 is 0.943 bits per heavy atom. The molecule has 11 heteroatoms. The van der Waals surface area contributed by atoms with E-state index in [-0.39, 0.29) is 30.6 Å². The van der Waals surface area contributed by atoms with Gasteiger partial charge in [-0.3, -0.25) is 19.3 Å². The van der Waals surface area contributed by atoms with Crippen LogP contribution in [0.1, 0.15) is 19.4 Å². The molecular weight excluding hydrogens is 465 g/mol. The number of hydrogen-bond acceptors (Lipinski definition) is 5. The van der Waals surface area contributed by atoms with E-state index in [1.165, 1.54) is 29.0 Å². The van der Waals surface area contributed by atoms with Crippen LogP contribution in [0.3, 0.4) is 0 Å². The van der Waals surface area contributed by atoms with E-state index in [0.717, 1.165) is 24.1 Å². The maximum Gasteiger partial charge on any atom is 0.573 e. The number of likely N-dealkylation sites (N-methyl/N-ethyl adjacent to an activating group) is 2. The second kappa shape index (κ2) is 12.2. The molecule has 0 aromatic heterocycles. The van der Waals surface area contributed by atoms with Gasteiger partial charge in [-0.05, 0) is 56.3 Å². The maximum atomic E-state index is 12.8. The van der Waals surface area contributed by atoms with Gasteiger partial charge in [0.15, 0.2) is 0 Å². The average molecular weight is 495 g/mol. The molecule has 2 aromatic carbocycles. The van der Waals surface area contributed by atoms with Crippen molar-refractivity contribution in [3.63, 3.8) is 0 Å². The van der Waals surface area contributed by atoms with Crippen LogP contribution in [0.25, 0.3) is 0 Å². The van der Waals surface area contributed by atoms with Crippen molar-refractivity contribution in [3.8, 4) is 5.75 Å². The number of carbonyl (C=O) groups excluding carboxylic acids is 3. The Balaban J connectivity index is 1.85. The second-order valence-corrected chi connectivity index (χ2v) is 7.96. The summed E-state index contributed by atoms with van der Waals surface area (Å²) in [4.78, 5) is 40.3. The van der Waals surface area contributed by atoms with Crippen LogP contribution in [0.2, 0.25) is 0 Å². The summed E-state index contributed by atoms with van der Waals surface area (Å²) in [7, 11) is 3.08. The highest BCUT2D eigenvalue weighted by Gasteiger charge is 2.31. The molecular formula is C24H29F3N4O4. The van der Waals surface area contributed by atoms with Crippen LogP contribution in [-0.2, 0) is 20.8 Å². The van der Waals surface area contributed by atoms with Crippen LogP contribution in [0.5, 0.6) is 5.75 Å². The van der Waals surface area contributed by atoms with Crippen LogP contribution < -0.4 is 15.4 Å². The van der Waals surface area contributed by atoms with Crippen molar-refractivity contribution in [2.75, 3.05) is 37.8 Å². The minimum Gasteiger partial charge on any atom is -0.406 e. The average Bonchev–Trinajstić information content (AvgIpc) is 2.78. The lowest BCUT2D eigenvalue weighted by molar-refractivity contribution is -0.274. The third-order valence-corrected chi connectivity index (χ3v) is 5.21. The molecule has 0 aliphatic carbocycles. The van der Waals surface area contributed by atoms with E-state index < -0.39 is 24.1 Å². The maximum absolute atomic E-state index is 12.8. The van der Waals surface area contributed by atoms with E-state index in [1.54, 1.807) is 20.0 Å². The van der Waals surface area contributed by atoms with Crippen molar-refractivity contribution in [2.24, 2.45) is 0 Å². The molecule has 0 saturated carbocycles. The first-order valence-electron chi connectivity index (χ1n) is 10.9. The van der Waals surface area contributed by atoms with Crippen molar-refractivity contribution in [1.82, 2.24) is 9.80 Å². The molecule has 0 fully saturated rings. The predicted octanol–water partition coefficient (Wildman–Crippen LogP) is 3.50.